The lowest BCUT2D eigenvalue weighted by molar-refractivity contribution is -0.137. The van der Waals surface area contributed by atoms with Gasteiger partial charge in [0.25, 0.3) is 23.6 Å². The third-order valence-corrected chi connectivity index (χ3v) is 26.0. The van der Waals surface area contributed by atoms with Crippen molar-refractivity contribution in [3.05, 3.63) is 186 Å². The lowest BCUT2D eigenvalue weighted by atomic mass is 9.98. The molecule has 0 aliphatic carbocycles. The van der Waals surface area contributed by atoms with E-state index in [1.165, 1.54) is 12.1 Å². The highest BCUT2D eigenvalue weighted by Crippen LogP contribution is 2.41. The van der Waals surface area contributed by atoms with Gasteiger partial charge in [-0.3, -0.25) is 19.2 Å². The molecular weight excluding hydrogens is 1880 g/mol. The van der Waals surface area contributed by atoms with Gasteiger partial charge in [0.15, 0.2) is 26.4 Å². The van der Waals surface area contributed by atoms with Crippen molar-refractivity contribution in [2.45, 2.75) is 285 Å². The number of allylic oxidation sites excluding steroid dienone is 12. The fraction of sp³-hybridized carbons (Fsp3) is 0.523. The largest absolute Gasteiger partial charge is 0.508 e. The average Bonchev–Trinajstić information content (AvgIpc) is 0.796. The second kappa shape index (κ2) is 60.8. The van der Waals surface area contributed by atoms with E-state index in [0.29, 0.717) is 92.0 Å². The zero-order chi connectivity index (χ0) is 103. The fourth-order valence-corrected chi connectivity index (χ4v) is 18.1. The monoisotopic (exact) mass is 2020 g/mol. The molecule has 4 fully saturated rings. The van der Waals surface area contributed by atoms with E-state index < -0.39 is 35.4 Å². The normalized spacial score (nSPS) is 22.7. The highest BCUT2D eigenvalue weighted by atomic mass is 35.5. The number of ether oxygens (including phenoxy) is 4. The number of benzene rings is 4. The standard InChI is InChI=1S/C28H37ClN2O6.2C28H38N2O6.C25H31ClN2O6/c1-3-10-21-12-7-4-6-11-19(2)15-20(30-36-18-25(34)31-13-8-5-9-14-31)16-22-26(28(35)37-21)23(32)17-24(33)27(22)29;2*1-3-10-24-12-7-4-6-11-20(2)15-22(29-35-19-26(33)30-13-8-5-9-14-30)16-21-17-23(31)18-25(32)27(21)28(34)36-24;1-17-9-5-2-3-8-12-33-25(32)23-19(24(26)21(30)15-20(23)29)14-18(13-17)27-34-16-22(31)28-10-6-4-7-11-28/h4,7,15,17,21,32-33H,3,5-6,8-14,16,18H2,1-2H3;2*4,7,15,17-18,24,31-32H,3,5-6,8-14,16,19H2,1-2H3;2-3,13,15,29-30H,4-12,14,16H2,1H3/b7-4+,19-15+,30-20-;7-4+,20-15+,29-22+;7-4+,20-15+,29-22-;3-2+,17-13+,27-18+. The summed E-state index contributed by atoms with van der Waals surface area (Å²) < 4.78 is 22.5. The van der Waals surface area contributed by atoms with Crippen molar-refractivity contribution in [3.63, 3.8) is 0 Å². The Morgan fingerprint density at radius 1 is 0.343 bits per heavy atom. The molecule has 778 valence electrons. The minimum Gasteiger partial charge on any atom is -0.508 e. The molecule has 0 radical (unpaired) electrons. The number of amides is 4. The number of piperidine rings is 4. The van der Waals surface area contributed by atoms with Crippen LogP contribution in [-0.2, 0) is 83.2 Å². The number of phenolic OH excluding ortho intramolecular Hbond substituents is 8. The number of cyclic esters (lactones) is 4. The first-order valence-corrected chi connectivity index (χ1v) is 51.2. The summed E-state index contributed by atoms with van der Waals surface area (Å²) in [5, 5.41) is 99.5. The van der Waals surface area contributed by atoms with Gasteiger partial charge in [0, 0.05) is 122 Å². The molecule has 0 spiro atoms. The van der Waals surface area contributed by atoms with Crippen molar-refractivity contribution in [2.75, 3.05) is 85.4 Å². The van der Waals surface area contributed by atoms with Gasteiger partial charge >= 0.3 is 23.9 Å². The fourth-order valence-electron chi connectivity index (χ4n) is 17.6. The molecule has 143 heavy (non-hydrogen) atoms. The van der Waals surface area contributed by atoms with E-state index in [1.807, 2.05) is 97.1 Å². The number of hydrogen-bond donors (Lipinski definition) is 8. The Hall–Kier alpha value is -12.6. The Kier molecular flexibility index (Phi) is 48.4. The molecule has 4 aromatic carbocycles. The highest BCUT2D eigenvalue weighted by molar-refractivity contribution is 6.34. The predicted octanol–water partition coefficient (Wildman–Crippen LogP) is 20.3. The molecule has 0 bridgehead atoms. The van der Waals surface area contributed by atoms with Crippen LogP contribution in [0.3, 0.4) is 0 Å². The highest BCUT2D eigenvalue weighted by Gasteiger charge is 2.32. The average molecular weight is 2020 g/mol. The van der Waals surface area contributed by atoms with Gasteiger partial charge in [-0.2, -0.15) is 0 Å². The second-order valence-electron chi connectivity index (χ2n) is 37.1. The molecule has 0 saturated carbocycles. The van der Waals surface area contributed by atoms with Gasteiger partial charge in [0.1, 0.15) is 86.6 Å². The van der Waals surface area contributed by atoms with Crippen LogP contribution in [0.25, 0.3) is 0 Å². The van der Waals surface area contributed by atoms with E-state index in [1.54, 1.807) is 25.7 Å². The predicted molar refractivity (Wildman–Crippen MR) is 549 cm³/mol. The number of carbonyl (C=O) groups is 8. The molecule has 4 aromatic rings. The number of carbonyl (C=O) groups excluding carboxylic acids is 8. The first kappa shape index (κ1) is 114. The van der Waals surface area contributed by atoms with Crippen molar-refractivity contribution in [2.24, 2.45) is 20.6 Å². The maximum atomic E-state index is 13.2. The Morgan fingerprint density at radius 2 is 0.608 bits per heavy atom. The number of nitrogens with zero attached hydrogens (tertiary/aromatic N) is 8. The van der Waals surface area contributed by atoms with Gasteiger partial charge in [-0.15, -0.1) is 0 Å². The Morgan fingerprint density at radius 3 is 0.909 bits per heavy atom. The lowest BCUT2D eigenvalue weighted by Crippen LogP contribution is -2.37. The lowest BCUT2D eigenvalue weighted by Gasteiger charge is -2.26. The summed E-state index contributed by atoms with van der Waals surface area (Å²) >= 11 is 12.8. The Balaban J connectivity index is 0.000000213. The van der Waals surface area contributed by atoms with E-state index in [-0.39, 0.29) is 179 Å². The van der Waals surface area contributed by atoms with Gasteiger partial charge in [0.05, 0.1) is 39.5 Å². The maximum absolute atomic E-state index is 13.2. The van der Waals surface area contributed by atoms with E-state index in [4.69, 9.17) is 61.5 Å². The first-order chi connectivity index (χ1) is 68.9. The number of likely N-dealkylation sites (tertiary alicyclic amines) is 4. The minimum atomic E-state index is -0.749. The molecule has 8 aliphatic heterocycles. The third-order valence-electron chi connectivity index (χ3n) is 25.1. The van der Waals surface area contributed by atoms with Crippen molar-refractivity contribution < 1.29 is 118 Å². The van der Waals surface area contributed by atoms with Crippen molar-refractivity contribution in [1.29, 1.82) is 0 Å². The van der Waals surface area contributed by atoms with E-state index in [2.05, 4.69) is 38.9 Å². The third kappa shape index (κ3) is 38.2. The van der Waals surface area contributed by atoms with E-state index in [9.17, 15) is 79.2 Å². The van der Waals surface area contributed by atoms with Crippen LogP contribution in [0, 0.1) is 0 Å². The van der Waals surface area contributed by atoms with Crippen molar-refractivity contribution in [3.8, 4) is 46.0 Å². The van der Waals surface area contributed by atoms with Gasteiger partial charge < -0.3 is 98.7 Å². The molecule has 12 rings (SSSR count). The molecule has 8 aliphatic rings. The van der Waals surface area contributed by atoms with Crippen LogP contribution in [0.5, 0.6) is 46.0 Å². The van der Waals surface area contributed by atoms with E-state index in [0.717, 1.165) is 234 Å². The molecule has 3 atom stereocenters. The van der Waals surface area contributed by atoms with Crippen LogP contribution < -0.4 is 0 Å². The summed E-state index contributed by atoms with van der Waals surface area (Å²) in [4.78, 5) is 131. The maximum Gasteiger partial charge on any atom is 0.342 e. The number of oxime groups is 4. The van der Waals surface area contributed by atoms with Gasteiger partial charge in [-0.1, -0.05) is 155 Å². The van der Waals surface area contributed by atoms with E-state index >= 15 is 0 Å². The van der Waals surface area contributed by atoms with Crippen molar-refractivity contribution in [1.82, 2.24) is 19.6 Å². The Labute approximate surface area is 849 Å². The molecule has 4 saturated heterocycles. The number of aromatic hydroxyl groups is 8. The van der Waals surface area contributed by atoms with Crippen LogP contribution in [-0.4, -0.2) is 235 Å². The van der Waals surface area contributed by atoms with Crippen LogP contribution in [0.1, 0.15) is 305 Å². The summed E-state index contributed by atoms with van der Waals surface area (Å²) in [6.07, 6.45) is 48.5. The summed E-state index contributed by atoms with van der Waals surface area (Å²) in [5.74, 6) is -5.88. The SMILES string of the molecule is C/C1=C\C(=N/OCC(=O)N2CCCCC2)Cc2c(Cl)c(O)cc(O)c2C(=O)OCC/C=C/CC1.CCCC1C/C=C/CC/C(C)=C/C(=N/OCC(=O)N2CCCCC2)Cc2c(Cl)c(O)cc(O)c2C(=O)O1.CCCC1C/C=C/CC/C(C)=C/C(=N/OCC(=O)N2CCCCC2)Cc2cc(O)cc(O)c2C(=O)O1.CCCC1C/C=C/CC/C(C)=C/C(=N\OCC(=O)N2CCCCC2)Cc2cc(O)cc(O)c2C(=O)O1. The van der Waals surface area contributed by atoms with Gasteiger partial charge in [-0.05, 0) is 240 Å². The number of halogens is 2. The summed E-state index contributed by atoms with van der Waals surface area (Å²) in [6.45, 7) is 19.2. The van der Waals surface area contributed by atoms with Gasteiger partial charge in [-0.25, -0.2) is 19.2 Å². The molecule has 4 amide bonds. The molecule has 0 aromatic heterocycles. The Bertz CT molecular complexity index is 5210. The molecule has 8 heterocycles. The van der Waals surface area contributed by atoms with Crippen molar-refractivity contribution >= 4 is 93.6 Å². The molecule has 3 unspecified atom stereocenters. The van der Waals surface area contributed by atoms with Crippen LogP contribution in [0.2, 0.25) is 10.0 Å². The van der Waals surface area contributed by atoms with Crippen LogP contribution in [0.15, 0.2) is 152 Å². The number of fused-ring (bicyclic) bond motifs is 4. The first-order valence-electron chi connectivity index (χ1n) is 50.4. The zero-order valence-corrected chi connectivity index (χ0v) is 85.3. The van der Waals surface area contributed by atoms with Crippen LogP contribution >= 0.6 is 23.2 Å². The summed E-state index contributed by atoms with van der Waals surface area (Å²) in [6, 6.07) is 7.15. The topological polar surface area (TPSA) is 435 Å². The number of phenols is 8. The minimum absolute atomic E-state index is 0.00177. The van der Waals surface area contributed by atoms with Crippen LogP contribution in [0.4, 0.5) is 0 Å². The zero-order valence-electron chi connectivity index (χ0n) is 83.8. The smallest absolute Gasteiger partial charge is 0.342 e. The quantitative estimate of drug-likeness (QED) is 0.0198. The molecule has 8 N–H and O–H groups in total. The summed E-state index contributed by atoms with van der Waals surface area (Å²) in [5.41, 5.74) is 6.72. The number of hydrogen-bond acceptors (Lipinski definition) is 28. The molecular formula is C109H144Cl2N8O24. The number of esters is 4. The molecule has 32 nitrogen and oxygen atoms in total. The second-order valence-corrected chi connectivity index (χ2v) is 37.9. The summed E-state index contributed by atoms with van der Waals surface area (Å²) in [7, 11) is 0. The number of rotatable bonds is 18. The molecule has 34 heteroatoms. The van der Waals surface area contributed by atoms with Gasteiger partial charge in [0.2, 0.25) is 0 Å².